The zero-order valence-electron chi connectivity index (χ0n) is 4.51. The van der Waals surface area contributed by atoms with Crippen LogP contribution in [-0.2, 0) is 4.57 Å². The van der Waals surface area contributed by atoms with Crippen LogP contribution in [0.5, 0.6) is 0 Å². The molecule has 0 aliphatic heterocycles. The molecule has 2 N–H and O–H groups in total. The minimum absolute atomic E-state index is 0.417. The smallest absolute Gasteiger partial charge is 0.326 e. The van der Waals surface area contributed by atoms with Gasteiger partial charge in [-0.3, -0.25) is 4.57 Å². The van der Waals surface area contributed by atoms with Crippen molar-refractivity contribution in [3.8, 4) is 0 Å². The average molecular weight is 136 g/mol. The van der Waals surface area contributed by atoms with E-state index in [0.29, 0.717) is 20.4 Å². The third-order valence-corrected chi connectivity index (χ3v) is 0. The Bertz CT molecular complexity index is 44.2. The topological polar surface area (TPSA) is 57.5 Å². The first-order chi connectivity index (χ1) is 3.15. The average Bonchev–Trinajstić information content (AvgIpc) is 1.33. The predicted octanol–water partition coefficient (Wildman–Crippen LogP) is 0.147. The molecule has 0 saturated heterocycles. The number of hydrogen-bond donors (Lipinski definition) is 2. The maximum Gasteiger partial charge on any atom is 0.356 e. The van der Waals surface area contributed by atoms with Crippen LogP contribution < -0.4 is 0 Å². The lowest BCUT2D eigenvalue weighted by Gasteiger charge is -1.61. The fourth-order valence-corrected chi connectivity index (χ4v) is 0. The molecule has 0 atom stereocenters. The fourth-order valence-electron chi connectivity index (χ4n) is 0. The molecule has 0 aromatic carbocycles. The highest BCUT2D eigenvalue weighted by Gasteiger charge is 1.61. The summed E-state index contributed by atoms with van der Waals surface area (Å²) in [6, 6.07) is 0. The largest absolute Gasteiger partial charge is 0.356 e. The van der Waals surface area contributed by atoms with E-state index in [-0.39, 0.29) is 0 Å². The molecule has 0 radical (unpaired) electrons. The molecule has 0 spiro atoms. The molecular formula is C2H9MgO3P. The van der Waals surface area contributed by atoms with E-state index in [1.807, 2.05) is 0 Å². The summed E-state index contributed by atoms with van der Waals surface area (Å²) in [5.41, 5.74) is 0. The lowest BCUT2D eigenvalue weighted by Crippen LogP contribution is -1.53. The van der Waals surface area contributed by atoms with Gasteiger partial charge < -0.3 is 9.79 Å². The molecule has 0 saturated carbocycles. The van der Waals surface area contributed by atoms with Gasteiger partial charge in [0.2, 0.25) is 0 Å². The molecule has 0 aliphatic carbocycles. The second-order valence-corrected chi connectivity index (χ2v) is 2.97. The summed E-state index contributed by atoms with van der Waals surface area (Å²) in [6.07, 6.45) is 0. The zero-order valence-corrected chi connectivity index (χ0v) is 6.92. The first kappa shape index (κ1) is 10.8. The van der Waals surface area contributed by atoms with E-state index >= 15 is 0 Å². The third-order valence-electron chi connectivity index (χ3n) is 0. The van der Waals surface area contributed by atoms with E-state index in [9.17, 15) is 0 Å². The summed E-state index contributed by atoms with van der Waals surface area (Å²) in [5, 5.41) is 4.53. The van der Waals surface area contributed by atoms with E-state index in [1.54, 1.807) is 0 Å². The van der Waals surface area contributed by atoms with Crippen molar-refractivity contribution in [2.45, 2.75) is 10.1 Å². The summed E-state index contributed by atoms with van der Waals surface area (Å²) in [4.78, 5) is 14.3. The van der Waals surface area contributed by atoms with Crippen LogP contribution in [0.15, 0.2) is 0 Å². The van der Waals surface area contributed by atoms with Gasteiger partial charge in [-0.15, -0.1) is 0 Å². The summed E-state index contributed by atoms with van der Waals surface area (Å²) >= 11 is 0.417. The lowest BCUT2D eigenvalue weighted by molar-refractivity contribution is 0.405. The molecule has 3 nitrogen and oxygen atoms in total. The normalized spacial score (nSPS) is 6.43. The Kier molecular flexibility index (Phi) is 15.5. The Morgan fingerprint density at radius 3 is 1.43 bits per heavy atom. The molecule has 0 unspecified atom stereocenters. The Hall–Kier alpha value is 0.916. The van der Waals surface area contributed by atoms with Gasteiger partial charge in [-0.2, -0.15) is 10.1 Å². The second-order valence-electron chi connectivity index (χ2n) is 0.990. The van der Waals surface area contributed by atoms with E-state index in [2.05, 4.69) is 10.1 Å². The Morgan fingerprint density at radius 2 is 1.43 bits per heavy atom. The van der Waals surface area contributed by atoms with Gasteiger partial charge in [0, 0.05) is 0 Å². The molecule has 0 rings (SSSR count). The van der Waals surface area contributed by atoms with Gasteiger partial charge in [-0.25, -0.2) is 0 Å². The van der Waals surface area contributed by atoms with Crippen molar-refractivity contribution in [3.05, 3.63) is 0 Å². The van der Waals surface area contributed by atoms with E-state index in [1.165, 1.54) is 0 Å². The molecule has 0 heterocycles. The van der Waals surface area contributed by atoms with Gasteiger partial charge in [-0.05, 0) is 0 Å². The molecule has 0 fully saturated rings. The molecule has 42 valence electrons. The minimum Gasteiger partial charge on any atom is -0.326 e. The second kappa shape index (κ2) is 10.0. The highest BCUT2D eigenvalue weighted by Crippen LogP contribution is 1.98. The van der Waals surface area contributed by atoms with Crippen LogP contribution in [0.4, 0.5) is 0 Å². The van der Waals surface area contributed by atoms with Gasteiger partial charge in [0.25, 0.3) is 0 Å². The molecule has 0 aliphatic rings. The lowest BCUT2D eigenvalue weighted by atomic mass is 11.9. The van der Waals surface area contributed by atoms with Gasteiger partial charge in [0.05, 0.1) is 0 Å². The van der Waals surface area contributed by atoms with Crippen LogP contribution in [0.1, 0.15) is 0 Å². The van der Waals surface area contributed by atoms with Crippen LogP contribution in [-0.4, -0.2) is 30.2 Å². The molecule has 5 heteroatoms. The standard InChI is InChI=1S/2CH3.Mg.H3O3P/c;;;1-4(2)3/h2*1H3;;4H,(H2,1,2,3). The Balaban J connectivity index is 0. The first-order valence-electron chi connectivity index (χ1n) is 2.07. The van der Waals surface area contributed by atoms with Crippen LogP contribution in [0.3, 0.4) is 0 Å². The molecule has 0 aromatic heterocycles. The summed E-state index contributed by atoms with van der Waals surface area (Å²) < 4.78 is 8.74. The molecule has 0 bridgehead atoms. The highest BCUT2D eigenvalue weighted by atomic mass is 31.1. The molecule has 7 heavy (non-hydrogen) atoms. The summed E-state index contributed by atoms with van der Waals surface area (Å²) in [5.74, 6) is 0. The van der Waals surface area contributed by atoms with Gasteiger partial charge in [0.1, 0.15) is 0 Å². The van der Waals surface area contributed by atoms with Crippen molar-refractivity contribution in [3.63, 3.8) is 0 Å². The Labute approximate surface area is 53.4 Å². The monoisotopic (exact) mass is 136 g/mol. The van der Waals surface area contributed by atoms with Crippen molar-refractivity contribution in [1.82, 2.24) is 0 Å². The fraction of sp³-hybridized carbons (Fsp3) is 1.00. The molecule has 0 aromatic rings. The quantitative estimate of drug-likeness (QED) is 0.368. The van der Waals surface area contributed by atoms with Crippen LogP contribution in [0.2, 0.25) is 10.1 Å². The summed E-state index contributed by atoms with van der Waals surface area (Å²) in [6.45, 7) is 0. The van der Waals surface area contributed by atoms with Crippen LogP contribution >= 0.6 is 8.25 Å². The van der Waals surface area contributed by atoms with Crippen molar-refractivity contribution in [2.75, 3.05) is 0 Å². The van der Waals surface area contributed by atoms with E-state index in [4.69, 9.17) is 14.4 Å². The molecule has 0 amide bonds. The van der Waals surface area contributed by atoms with Crippen molar-refractivity contribution < 1.29 is 14.4 Å². The van der Waals surface area contributed by atoms with Crippen molar-refractivity contribution >= 4 is 28.6 Å². The minimum atomic E-state index is -3.13. The van der Waals surface area contributed by atoms with Crippen molar-refractivity contribution in [2.24, 2.45) is 0 Å². The Morgan fingerprint density at radius 1 is 1.43 bits per heavy atom. The van der Waals surface area contributed by atoms with Gasteiger partial charge in [0.15, 0.2) is 0 Å². The SMILES string of the molecule is O=[PH](O)O.[CH3][Mg][CH3]. The van der Waals surface area contributed by atoms with Crippen LogP contribution in [0.25, 0.3) is 0 Å². The maximum atomic E-state index is 8.74. The van der Waals surface area contributed by atoms with Gasteiger partial charge >= 0.3 is 28.6 Å². The highest BCUT2D eigenvalue weighted by molar-refractivity contribution is 7.30. The summed E-state index contributed by atoms with van der Waals surface area (Å²) in [7, 11) is -3.13. The maximum absolute atomic E-state index is 8.74. The molecular weight excluding hydrogens is 127 g/mol. The van der Waals surface area contributed by atoms with Gasteiger partial charge in [-0.1, -0.05) is 0 Å². The zero-order chi connectivity index (χ0) is 6.28. The van der Waals surface area contributed by atoms with E-state index < -0.39 is 8.25 Å². The van der Waals surface area contributed by atoms with E-state index in [0.717, 1.165) is 0 Å². The number of rotatable bonds is 0. The van der Waals surface area contributed by atoms with Crippen LogP contribution in [0, 0.1) is 0 Å². The third kappa shape index (κ3) is 199. The number of hydrogen-bond acceptors (Lipinski definition) is 1. The predicted molar refractivity (Wildman–Crippen MR) is 30.9 cm³/mol. The van der Waals surface area contributed by atoms with Crippen molar-refractivity contribution in [1.29, 1.82) is 0 Å². The first-order valence-corrected chi connectivity index (χ1v) is 6.20.